The quantitative estimate of drug-likeness (QED) is 0.425. The van der Waals surface area contributed by atoms with Crippen molar-refractivity contribution in [3.05, 3.63) is 45.7 Å². The van der Waals surface area contributed by atoms with Crippen molar-refractivity contribution < 1.29 is 4.92 Å². The van der Waals surface area contributed by atoms with E-state index in [-0.39, 0.29) is 10.6 Å². The zero-order chi connectivity index (χ0) is 8.27. The standard InChI is InChI=1S/C8H9NO2/c1-7-4-2-3-5-8(6-7)9(10)11/h2-5H,6H2,1H3. The molecule has 0 amide bonds. The summed E-state index contributed by atoms with van der Waals surface area (Å²) in [4.78, 5) is 9.99. The van der Waals surface area contributed by atoms with Crippen LogP contribution in [0.2, 0.25) is 0 Å². The van der Waals surface area contributed by atoms with Gasteiger partial charge in [-0.3, -0.25) is 10.1 Å². The Hall–Kier alpha value is -1.38. The van der Waals surface area contributed by atoms with E-state index in [1.807, 2.05) is 19.1 Å². The molecule has 0 spiro atoms. The van der Waals surface area contributed by atoms with Gasteiger partial charge in [-0.2, -0.15) is 0 Å². The Balaban J connectivity index is 2.85. The Morgan fingerprint density at radius 1 is 1.45 bits per heavy atom. The lowest BCUT2D eigenvalue weighted by atomic mass is 10.2. The van der Waals surface area contributed by atoms with Crippen molar-refractivity contribution in [3.8, 4) is 0 Å². The Bertz CT molecular complexity index is 261. The Labute approximate surface area is 64.9 Å². The van der Waals surface area contributed by atoms with E-state index in [1.165, 1.54) is 6.08 Å². The highest BCUT2D eigenvalue weighted by Crippen LogP contribution is 2.13. The van der Waals surface area contributed by atoms with Crippen LogP contribution in [-0.2, 0) is 0 Å². The average molecular weight is 151 g/mol. The van der Waals surface area contributed by atoms with E-state index in [0.29, 0.717) is 6.42 Å². The van der Waals surface area contributed by atoms with E-state index < -0.39 is 0 Å². The summed E-state index contributed by atoms with van der Waals surface area (Å²) >= 11 is 0. The third kappa shape index (κ3) is 2.04. The number of nitrogens with zero attached hydrogens (tertiary/aromatic N) is 1. The molecule has 3 nitrogen and oxygen atoms in total. The van der Waals surface area contributed by atoms with Crippen LogP contribution in [0.5, 0.6) is 0 Å². The fraction of sp³-hybridized carbons (Fsp3) is 0.250. The van der Waals surface area contributed by atoms with Gasteiger partial charge in [0.1, 0.15) is 0 Å². The second-order valence-corrected chi connectivity index (χ2v) is 2.49. The minimum atomic E-state index is -0.340. The topological polar surface area (TPSA) is 43.1 Å². The molecule has 1 aliphatic carbocycles. The molecule has 0 fully saturated rings. The molecule has 0 heterocycles. The van der Waals surface area contributed by atoms with E-state index >= 15 is 0 Å². The van der Waals surface area contributed by atoms with E-state index in [9.17, 15) is 10.1 Å². The molecule has 0 atom stereocenters. The van der Waals surface area contributed by atoms with Crippen molar-refractivity contribution in [1.29, 1.82) is 0 Å². The molecule has 0 saturated heterocycles. The van der Waals surface area contributed by atoms with Gasteiger partial charge in [-0.25, -0.2) is 0 Å². The number of hydrogen-bond acceptors (Lipinski definition) is 2. The molecule has 3 heteroatoms. The summed E-state index contributed by atoms with van der Waals surface area (Å²) in [5, 5.41) is 10.3. The Kier molecular flexibility index (Phi) is 2.21. The number of nitro groups is 1. The third-order valence-corrected chi connectivity index (χ3v) is 1.47. The first-order valence-corrected chi connectivity index (χ1v) is 3.37. The predicted molar refractivity (Wildman–Crippen MR) is 42.6 cm³/mol. The van der Waals surface area contributed by atoms with Gasteiger partial charge in [0.15, 0.2) is 0 Å². The molecule has 0 aliphatic heterocycles. The van der Waals surface area contributed by atoms with Crippen LogP contribution in [0.15, 0.2) is 35.6 Å². The Morgan fingerprint density at radius 3 is 2.73 bits per heavy atom. The molecule has 11 heavy (non-hydrogen) atoms. The SMILES string of the molecule is CC1=CC=CC=C([N+](=O)[O-])C1. The van der Waals surface area contributed by atoms with Crippen molar-refractivity contribution in [3.63, 3.8) is 0 Å². The van der Waals surface area contributed by atoms with Crippen molar-refractivity contribution in [1.82, 2.24) is 0 Å². The van der Waals surface area contributed by atoms with E-state index in [2.05, 4.69) is 0 Å². The van der Waals surface area contributed by atoms with Crippen LogP contribution in [0.25, 0.3) is 0 Å². The fourth-order valence-corrected chi connectivity index (χ4v) is 0.915. The van der Waals surface area contributed by atoms with E-state index in [4.69, 9.17) is 0 Å². The maximum absolute atomic E-state index is 10.3. The van der Waals surface area contributed by atoms with Gasteiger partial charge < -0.3 is 0 Å². The summed E-state index contributed by atoms with van der Waals surface area (Å²) in [6, 6.07) is 0. The molecular weight excluding hydrogens is 142 g/mol. The lowest BCUT2D eigenvalue weighted by molar-refractivity contribution is -0.426. The number of rotatable bonds is 1. The zero-order valence-corrected chi connectivity index (χ0v) is 6.28. The van der Waals surface area contributed by atoms with Crippen molar-refractivity contribution in [2.75, 3.05) is 0 Å². The normalized spacial score (nSPS) is 16.8. The molecule has 0 aromatic heterocycles. The van der Waals surface area contributed by atoms with Gasteiger partial charge in [0, 0.05) is 6.08 Å². The van der Waals surface area contributed by atoms with E-state index in [0.717, 1.165) is 5.57 Å². The second kappa shape index (κ2) is 3.14. The highest BCUT2D eigenvalue weighted by Gasteiger charge is 2.10. The predicted octanol–water partition coefficient (Wildman–Crippen LogP) is 2.05. The van der Waals surface area contributed by atoms with Gasteiger partial charge in [-0.1, -0.05) is 23.8 Å². The van der Waals surface area contributed by atoms with Gasteiger partial charge >= 0.3 is 0 Å². The molecule has 0 unspecified atom stereocenters. The van der Waals surface area contributed by atoms with Crippen LogP contribution in [0.3, 0.4) is 0 Å². The summed E-state index contributed by atoms with van der Waals surface area (Å²) in [6.45, 7) is 1.88. The smallest absolute Gasteiger partial charge is 0.250 e. The van der Waals surface area contributed by atoms with Crippen LogP contribution in [0.1, 0.15) is 13.3 Å². The largest absolute Gasteiger partial charge is 0.259 e. The highest BCUT2D eigenvalue weighted by molar-refractivity contribution is 5.24. The molecule has 58 valence electrons. The number of allylic oxidation sites excluding steroid dienone is 5. The maximum atomic E-state index is 10.3. The molecular formula is C8H9NO2. The number of hydrogen-bond donors (Lipinski definition) is 0. The summed E-state index contributed by atoms with van der Waals surface area (Å²) < 4.78 is 0. The molecule has 1 rings (SSSR count). The molecule has 0 aromatic carbocycles. The molecule has 0 aromatic rings. The van der Waals surface area contributed by atoms with Crippen LogP contribution >= 0.6 is 0 Å². The van der Waals surface area contributed by atoms with Gasteiger partial charge in [-0.05, 0) is 6.92 Å². The van der Waals surface area contributed by atoms with Crippen LogP contribution in [0, 0.1) is 10.1 Å². The first-order chi connectivity index (χ1) is 5.20. The first kappa shape index (κ1) is 7.72. The average Bonchev–Trinajstić information content (AvgIpc) is 2.13. The van der Waals surface area contributed by atoms with Crippen molar-refractivity contribution >= 4 is 0 Å². The van der Waals surface area contributed by atoms with Crippen molar-refractivity contribution in [2.45, 2.75) is 13.3 Å². The molecule has 0 N–H and O–H groups in total. The summed E-state index contributed by atoms with van der Waals surface area (Å²) in [5.41, 5.74) is 1.27. The van der Waals surface area contributed by atoms with Crippen LogP contribution in [-0.4, -0.2) is 4.92 Å². The van der Waals surface area contributed by atoms with Gasteiger partial charge in [0.05, 0.1) is 11.3 Å². The molecule has 0 bridgehead atoms. The second-order valence-electron chi connectivity index (χ2n) is 2.49. The maximum Gasteiger partial charge on any atom is 0.250 e. The van der Waals surface area contributed by atoms with Crippen molar-refractivity contribution in [2.24, 2.45) is 0 Å². The first-order valence-electron chi connectivity index (χ1n) is 3.37. The van der Waals surface area contributed by atoms with E-state index in [1.54, 1.807) is 6.08 Å². The van der Waals surface area contributed by atoms with Gasteiger partial charge in [-0.15, -0.1) is 0 Å². The zero-order valence-electron chi connectivity index (χ0n) is 6.28. The monoisotopic (exact) mass is 151 g/mol. The Morgan fingerprint density at radius 2 is 2.09 bits per heavy atom. The molecule has 0 saturated carbocycles. The third-order valence-electron chi connectivity index (χ3n) is 1.47. The van der Waals surface area contributed by atoms with Crippen LogP contribution in [0.4, 0.5) is 0 Å². The lowest BCUT2D eigenvalue weighted by Gasteiger charge is -1.94. The van der Waals surface area contributed by atoms with Crippen LogP contribution < -0.4 is 0 Å². The minimum absolute atomic E-state index is 0.257. The highest BCUT2D eigenvalue weighted by atomic mass is 16.6. The van der Waals surface area contributed by atoms with Gasteiger partial charge in [0.2, 0.25) is 5.70 Å². The lowest BCUT2D eigenvalue weighted by Crippen LogP contribution is -1.97. The summed E-state index contributed by atoms with van der Waals surface area (Å²) in [6.07, 6.45) is 7.36. The summed E-state index contributed by atoms with van der Waals surface area (Å²) in [5.74, 6) is 0. The minimum Gasteiger partial charge on any atom is -0.259 e. The fourth-order valence-electron chi connectivity index (χ4n) is 0.915. The molecule has 0 radical (unpaired) electrons. The van der Waals surface area contributed by atoms with Gasteiger partial charge in [0.25, 0.3) is 0 Å². The molecule has 1 aliphatic rings. The summed E-state index contributed by atoms with van der Waals surface area (Å²) in [7, 11) is 0.